The highest BCUT2D eigenvalue weighted by molar-refractivity contribution is 6.10. The lowest BCUT2D eigenvalue weighted by Crippen LogP contribution is -2.13. The van der Waals surface area contributed by atoms with E-state index in [0.717, 1.165) is 33.8 Å². The minimum Gasteiger partial charge on any atom is -0.309 e. The minimum atomic E-state index is 1.09. The zero-order valence-corrected chi connectivity index (χ0v) is 31.5. The summed E-state index contributed by atoms with van der Waals surface area (Å²) in [6.45, 7) is 0. The highest BCUT2D eigenvalue weighted by Crippen LogP contribution is 2.51. The summed E-state index contributed by atoms with van der Waals surface area (Å²) in [4.78, 5) is 2.46. The van der Waals surface area contributed by atoms with Gasteiger partial charge in [-0.15, -0.1) is 0 Å². The zero-order chi connectivity index (χ0) is 38.0. The van der Waals surface area contributed by atoms with Crippen molar-refractivity contribution in [3.8, 4) is 55.6 Å². The molecule has 0 fully saturated rings. The van der Waals surface area contributed by atoms with Crippen LogP contribution in [0.1, 0.15) is 0 Å². The molecule has 1 heteroatoms. The van der Waals surface area contributed by atoms with Crippen LogP contribution in [-0.2, 0) is 0 Å². The normalized spacial score (nSPS) is 11.2. The first-order chi connectivity index (χ1) is 28.3. The number of rotatable bonds is 8. The first kappa shape index (κ1) is 34.0. The molecule has 268 valence electrons. The lowest BCUT2D eigenvalue weighted by molar-refractivity contribution is 1.28. The second-order valence-electron chi connectivity index (χ2n) is 14.5. The fraction of sp³-hybridized carbons (Fsp3) is 0. The third-order valence-corrected chi connectivity index (χ3v) is 11.0. The van der Waals surface area contributed by atoms with Crippen LogP contribution in [0.15, 0.2) is 237 Å². The van der Waals surface area contributed by atoms with E-state index in [1.54, 1.807) is 0 Å². The van der Waals surface area contributed by atoms with Crippen LogP contribution in [0.5, 0.6) is 0 Å². The van der Waals surface area contributed by atoms with Crippen molar-refractivity contribution < 1.29 is 0 Å². The molecule has 1 nitrogen and oxygen atoms in total. The Morgan fingerprint density at radius 3 is 1.44 bits per heavy atom. The van der Waals surface area contributed by atoms with Crippen LogP contribution < -0.4 is 4.90 Å². The molecule has 0 aliphatic carbocycles. The van der Waals surface area contributed by atoms with Gasteiger partial charge in [0.25, 0.3) is 0 Å². The molecular weight excluding hydrogens is 687 g/mol. The van der Waals surface area contributed by atoms with E-state index in [9.17, 15) is 0 Å². The van der Waals surface area contributed by atoms with Crippen molar-refractivity contribution in [1.82, 2.24) is 0 Å². The number of benzene rings is 10. The van der Waals surface area contributed by atoms with E-state index >= 15 is 0 Å². The molecule has 0 saturated carbocycles. The summed E-state index contributed by atoms with van der Waals surface area (Å²) in [5.41, 5.74) is 15.1. The Hall–Kier alpha value is -7.48. The molecule has 10 aromatic carbocycles. The lowest BCUT2D eigenvalue weighted by atomic mass is 9.85. The molecule has 10 rings (SSSR count). The molecule has 0 saturated heterocycles. The van der Waals surface area contributed by atoms with Crippen LogP contribution in [0.3, 0.4) is 0 Å². The van der Waals surface area contributed by atoms with Crippen LogP contribution in [0.4, 0.5) is 17.1 Å². The number of para-hydroxylation sites is 1. The van der Waals surface area contributed by atoms with Gasteiger partial charge in [-0.1, -0.05) is 200 Å². The number of fused-ring (bicyclic) bond motifs is 3. The molecule has 0 heterocycles. The maximum Gasteiger partial charge on any atom is 0.0546 e. The van der Waals surface area contributed by atoms with Gasteiger partial charge >= 0.3 is 0 Å². The third-order valence-electron chi connectivity index (χ3n) is 11.0. The maximum absolute atomic E-state index is 2.46. The SMILES string of the molecule is c1ccc(-c2ccc(N(c3ccccc3)c3ccc(-c4ccc5c(ccc6ccccc65)c4)c(-c4ccccc4)c3-c3ccccc3)c(-c3ccccc3)c2)cc1. The number of nitrogens with zero attached hydrogens (tertiary/aromatic N) is 1. The standard InChI is InChI=1S/C56H39N/c1-6-18-40(19-7-1)45-33-36-53(52(39-45)41-20-8-2-9-21-41)57(48-27-14-5-15-28-48)54-37-35-51(47-32-34-50-46(38-47)31-30-42-22-16-17-29-49(42)50)55(43-23-10-3-11-24-43)56(54)44-25-12-4-13-26-44/h1-39H. The average molecular weight is 726 g/mol. The van der Waals surface area contributed by atoms with Crippen molar-refractivity contribution in [3.63, 3.8) is 0 Å². The summed E-state index contributed by atoms with van der Waals surface area (Å²) < 4.78 is 0. The van der Waals surface area contributed by atoms with Crippen LogP contribution in [0.25, 0.3) is 77.2 Å². The van der Waals surface area contributed by atoms with Gasteiger partial charge in [0, 0.05) is 16.8 Å². The second kappa shape index (κ2) is 15.0. The monoisotopic (exact) mass is 725 g/mol. The predicted molar refractivity (Wildman–Crippen MR) is 243 cm³/mol. The van der Waals surface area contributed by atoms with E-state index in [1.165, 1.54) is 60.5 Å². The first-order valence-electron chi connectivity index (χ1n) is 19.6. The molecule has 0 spiro atoms. The molecule has 0 aromatic heterocycles. The molecule has 0 aliphatic heterocycles. The smallest absolute Gasteiger partial charge is 0.0546 e. The highest BCUT2D eigenvalue weighted by atomic mass is 15.1. The van der Waals surface area contributed by atoms with Crippen molar-refractivity contribution in [2.45, 2.75) is 0 Å². The Morgan fingerprint density at radius 2 is 0.754 bits per heavy atom. The molecule has 0 amide bonds. The second-order valence-corrected chi connectivity index (χ2v) is 14.5. The summed E-state index contributed by atoms with van der Waals surface area (Å²) in [7, 11) is 0. The quantitative estimate of drug-likeness (QED) is 0.141. The van der Waals surface area contributed by atoms with Gasteiger partial charge in [-0.3, -0.25) is 0 Å². The Kier molecular flexibility index (Phi) is 8.95. The zero-order valence-electron chi connectivity index (χ0n) is 31.5. The Balaban J connectivity index is 1.28. The predicted octanol–water partition coefficient (Wildman–Crippen LogP) is 15.8. The Labute approximate surface area is 334 Å². The van der Waals surface area contributed by atoms with Crippen molar-refractivity contribution in [2.24, 2.45) is 0 Å². The van der Waals surface area contributed by atoms with Gasteiger partial charge in [-0.2, -0.15) is 0 Å². The van der Waals surface area contributed by atoms with Gasteiger partial charge in [-0.25, -0.2) is 0 Å². The fourth-order valence-electron chi connectivity index (χ4n) is 8.38. The molecular formula is C56H39N. The minimum absolute atomic E-state index is 1.09. The van der Waals surface area contributed by atoms with Crippen LogP contribution in [0.2, 0.25) is 0 Å². The molecule has 57 heavy (non-hydrogen) atoms. The largest absolute Gasteiger partial charge is 0.309 e. The van der Waals surface area contributed by atoms with Gasteiger partial charge < -0.3 is 4.90 Å². The summed E-state index contributed by atoms with van der Waals surface area (Å²) in [5.74, 6) is 0. The van der Waals surface area contributed by atoms with Crippen LogP contribution >= 0.6 is 0 Å². The van der Waals surface area contributed by atoms with E-state index in [-0.39, 0.29) is 0 Å². The Morgan fingerprint density at radius 1 is 0.246 bits per heavy atom. The summed E-state index contributed by atoms with van der Waals surface area (Å²) in [6.07, 6.45) is 0. The van der Waals surface area contributed by atoms with E-state index in [2.05, 4.69) is 241 Å². The van der Waals surface area contributed by atoms with Crippen molar-refractivity contribution in [2.75, 3.05) is 4.90 Å². The molecule has 0 bridgehead atoms. The number of hydrogen-bond donors (Lipinski definition) is 0. The lowest BCUT2D eigenvalue weighted by Gasteiger charge is -2.32. The van der Waals surface area contributed by atoms with Gasteiger partial charge in [-0.05, 0) is 102 Å². The summed E-state index contributed by atoms with van der Waals surface area (Å²) in [6, 6.07) is 85.8. The van der Waals surface area contributed by atoms with Gasteiger partial charge in [0.1, 0.15) is 0 Å². The molecule has 0 atom stereocenters. The van der Waals surface area contributed by atoms with Crippen LogP contribution in [0, 0.1) is 0 Å². The topological polar surface area (TPSA) is 3.24 Å². The van der Waals surface area contributed by atoms with Gasteiger partial charge in [0.15, 0.2) is 0 Å². The highest BCUT2D eigenvalue weighted by Gasteiger charge is 2.25. The average Bonchev–Trinajstić information content (AvgIpc) is 3.30. The molecule has 0 radical (unpaired) electrons. The summed E-state index contributed by atoms with van der Waals surface area (Å²) >= 11 is 0. The van der Waals surface area contributed by atoms with Crippen LogP contribution in [-0.4, -0.2) is 0 Å². The molecule has 0 unspecified atom stereocenters. The van der Waals surface area contributed by atoms with Crippen molar-refractivity contribution in [3.05, 3.63) is 237 Å². The van der Waals surface area contributed by atoms with E-state index in [1.807, 2.05) is 0 Å². The van der Waals surface area contributed by atoms with Gasteiger partial charge in [0.05, 0.1) is 11.4 Å². The maximum atomic E-state index is 2.46. The third kappa shape index (κ3) is 6.46. The van der Waals surface area contributed by atoms with Crippen molar-refractivity contribution >= 4 is 38.6 Å². The number of anilines is 3. The summed E-state index contributed by atoms with van der Waals surface area (Å²) in [5, 5.41) is 5.02. The van der Waals surface area contributed by atoms with Gasteiger partial charge in [0.2, 0.25) is 0 Å². The van der Waals surface area contributed by atoms with E-state index < -0.39 is 0 Å². The van der Waals surface area contributed by atoms with E-state index in [0.29, 0.717) is 0 Å². The molecule has 0 N–H and O–H groups in total. The molecule has 0 aliphatic rings. The van der Waals surface area contributed by atoms with E-state index in [4.69, 9.17) is 0 Å². The van der Waals surface area contributed by atoms with Crippen molar-refractivity contribution in [1.29, 1.82) is 0 Å². The first-order valence-corrected chi connectivity index (χ1v) is 19.6. The Bertz CT molecular complexity index is 2970. The molecule has 10 aromatic rings. The number of hydrogen-bond acceptors (Lipinski definition) is 1. The fourth-order valence-corrected chi connectivity index (χ4v) is 8.38.